The largest absolute Gasteiger partial charge is 0.388 e. The van der Waals surface area contributed by atoms with E-state index in [9.17, 15) is 4.39 Å². The predicted octanol–water partition coefficient (Wildman–Crippen LogP) is 2.82. The molecule has 0 fully saturated rings. The Balaban J connectivity index is 3.35. The molecule has 12 heavy (non-hydrogen) atoms. The minimum absolute atomic E-state index is 0.191. The van der Waals surface area contributed by atoms with Gasteiger partial charge < -0.3 is 5.32 Å². The minimum Gasteiger partial charge on any atom is -0.388 e. The van der Waals surface area contributed by atoms with Crippen LogP contribution in [-0.2, 0) is 0 Å². The molecule has 0 unspecified atom stereocenters. The Kier molecular flexibility index (Phi) is 2.48. The van der Waals surface area contributed by atoms with Crippen LogP contribution < -0.4 is 5.32 Å². The van der Waals surface area contributed by atoms with E-state index in [1.165, 1.54) is 6.07 Å². The van der Waals surface area contributed by atoms with Gasteiger partial charge in [-0.25, -0.2) is 4.39 Å². The molecule has 0 radical (unpaired) electrons. The molecular formula is C10H12FN. The highest BCUT2D eigenvalue weighted by Crippen LogP contribution is 2.22. The van der Waals surface area contributed by atoms with Crippen molar-refractivity contribution in [2.45, 2.75) is 6.92 Å². The van der Waals surface area contributed by atoms with Gasteiger partial charge in [-0.15, -0.1) is 0 Å². The zero-order chi connectivity index (χ0) is 9.14. The van der Waals surface area contributed by atoms with Crippen molar-refractivity contribution < 1.29 is 4.39 Å². The molecule has 0 aliphatic rings. The molecule has 0 heterocycles. The average molecular weight is 165 g/mol. The molecule has 0 saturated carbocycles. The summed E-state index contributed by atoms with van der Waals surface area (Å²) in [5.74, 6) is -0.191. The molecule has 1 N–H and O–H groups in total. The molecule has 0 bridgehead atoms. The Bertz CT molecular complexity index is 305. The second kappa shape index (κ2) is 3.39. The summed E-state index contributed by atoms with van der Waals surface area (Å²) in [6.45, 7) is 5.38. The first kappa shape index (κ1) is 8.78. The Morgan fingerprint density at radius 1 is 1.50 bits per heavy atom. The van der Waals surface area contributed by atoms with Gasteiger partial charge in [0.25, 0.3) is 0 Å². The summed E-state index contributed by atoms with van der Waals surface area (Å²) >= 11 is 0. The van der Waals surface area contributed by atoms with Crippen molar-refractivity contribution in [2.24, 2.45) is 0 Å². The maximum absolute atomic E-state index is 13.0. The number of anilines is 1. The molecule has 1 aromatic carbocycles. The molecule has 0 spiro atoms. The van der Waals surface area contributed by atoms with Gasteiger partial charge in [-0.3, -0.25) is 0 Å². The van der Waals surface area contributed by atoms with Gasteiger partial charge in [0.15, 0.2) is 0 Å². The van der Waals surface area contributed by atoms with Gasteiger partial charge in [0.05, 0.1) is 0 Å². The van der Waals surface area contributed by atoms with E-state index in [0.29, 0.717) is 5.56 Å². The molecule has 64 valence electrons. The van der Waals surface area contributed by atoms with Crippen molar-refractivity contribution in [1.82, 2.24) is 0 Å². The van der Waals surface area contributed by atoms with Crippen LogP contribution in [0.4, 0.5) is 10.1 Å². The van der Waals surface area contributed by atoms with Crippen LogP contribution in [0.5, 0.6) is 0 Å². The summed E-state index contributed by atoms with van der Waals surface area (Å²) in [7, 11) is 1.81. The van der Waals surface area contributed by atoms with Gasteiger partial charge in [0.2, 0.25) is 0 Å². The number of nitrogens with one attached hydrogen (secondary N) is 1. The van der Waals surface area contributed by atoms with Gasteiger partial charge in [-0.2, -0.15) is 0 Å². The zero-order valence-corrected chi connectivity index (χ0v) is 7.32. The monoisotopic (exact) mass is 165 g/mol. The van der Waals surface area contributed by atoms with E-state index in [-0.39, 0.29) is 5.82 Å². The molecule has 1 aromatic rings. The van der Waals surface area contributed by atoms with Gasteiger partial charge in [0, 0.05) is 18.3 Å². The van der Waals surface area contributed by atoms with Crippen molar-refractivity contribution in [3.63, 3.8) is 0 Å². The summed E-state index contributed by atoms with van der Waals surface area (Å²) in [6.07, 6.45) is 1.66. The van der Waals surface area contributed by atoms with E-state index in [4.69, 9.17) is 0 Å². The van der Waals surface area contributed by atoms with Crippen molar-refractivity contribution >= 4 is 11.8 Å². The van der Waals surface area contributed by atoms with E-state index >= 15 is 0 Å². The highest BCUT2D eigenvalue weighted by molar-refractivity contribution is 5.68. The third-order valence-electron chi connectivity index (χ3n) is 1.92. The maximum Gasteiger partial charge on any atom is 0.126 e. The number of rotatable bonds is 2. The van der Waals surface area contributed by atoms with Crippen LogP contribution in [0.25, 0.3) is 6.08 Å². The van der Waals surface area contributed by atoms with Crippen LogP contribution in [0.2, 0.25) is 0 Å². The van der Waals surface area contributed by atoms with E-state index in [1.54, 1.807) is 26.1 Å². The third-order valence-corrected chi connectivity index (χ3v) is 1.92. The van der Waals surface area contributed by atoms with Crippen LogP contribution in [0.15, 0.2) is 18.7 Å². The van der Waals surface area contributed by atoms with Gasteiger partial charge >= 0.3 is 0 Å². The summed E-state index contributed by atoms with van der Waals surface area (Å²) < 4.78 is 13.0. The second-order valence-electron chi connectivity index (χ2n) is 2.59. The van der Waals surface area contributed by atoms with Crippen LogP contribution >= 0.6 is 0 Å². The van der Waals surface area contributed by atoms with E-state index in [0.717, 1.165) is 11.3 Å². The van der Waals surface area contributed by atoms with E-state index < -0.39 is 0 Å². The highest BCUT2D eigenvalue weighted by Gasteiger charge is 2.04. The summed E-state index contributed by atoms with van der Waals surface area (Å²) in [5.41, 5.74) is 2.37. The fourth-order valence-electron chi connectivity index (χ4n) is 1.18. The maximum atomic E-state index is 13.0. The number of hydrogen-bond donors (Lipinski definition) is 1. The summed E-state index contributed by atoms with van der Waals surface area (Å²) in [4.78, 5) is 0. The number of halogens is 1. The normalized spacial score (nSPS) is 9.58. The minimum atomic E-state index is -0.191. The Labute approximate surface area is 71.9 Å². The molecule has 1 nitrogen and oxygen atoms in total. The van der Waals surface area contributed by atoms with Crippen LogP contribution in [0, 0.1) is 12.7 Å². The van der Waals surface area contributed by atoms with Gasteiger partial charge in [-0.1, -0.05) is 12.7 Å². The fourth-order valence-corrected chi connectivity index (χ4v) is 1.18. The standard InChI is InChI=1S/C10H12FN/c1-4-8-7(2)9(11)5-6-10(8)12-3/h4-6,12H,1H2,2-3H3. The Morgan fingerprint density at radius 3 is 2.67 bits per heavy atom. The number of benzene rings is 1. The third kappa shape index (κ3) is 1.33. The first-order valence-electron chi connectivity index (χ1n) is 3.80. The molecule has 0 saturated heterocycles. The lowest BCUT2D eigenvalue weighted by atomic mass is 10.1. The van der Waals surface area contributed by atoms with Crippen molar-refractivity contribution in [3.05, 3.63) is 35.7 Å². The SMILES string of the molecule is C=Cc1c(NC)ccc(F)c1C. The number of hydrogen-bond acceptors (Lipinski definition) is 1. The fraction of sp³-hybridized carbons (Fsp3) is 0.200. The second-order valence-corrected chi connectivity index (χ2v) is 2.59. The van der Waals surface area contributed by atoms with Gasteiger partial charge in [-0.05, 0) is 24.6 Å². The lowest BCUT2D eigenvalue weighted by Gasteiger charge is -2.08. The first-order valence-corrected chi connectivity index (χ1v) is 3.80. The lowest BCUT2D eigenvalue weighted by Crippen LogP contribution is -1.95. The molecular weight excluding hydrogens is 153 g/mol. The topological polar surface area (TPSA) is 12.0 Å². The quantitative estimate of drug-likeness (QED) is 0.710. The molecule has 1 rings (SSSR count). The summed E-state index contributed by atoms with van der Waals surface area (Å²) in [6, 6.07) is 3.16. The Morgan fingerprint density at radius 2 is 2.17 bits per heavy atom. The van der Waals surface area contributed by atoms with Crippen LogP contribution in [0.1, 0.15) is 11.1 Å². The zero-order valence-electron chi connectivity index (χ0n) is 7.32. The molecule has 2 heteroatoms. The highest BCUT2D eigenvalue weighted by atomic mass is 19.1. The smallest absolute Gasteiger partial charge is 0.126 e. The predicted molar refractivity (Wildman–Crippen MR) is 50.8 cm³/mol. The molecule has 0 aliphatic carbocycles. The first-order chi connectivity index (χ1) is 5.70. The van der Waals surface area contributed by atoms with E-state index in [1.807, 2.05) is 0 Å². The lowest BCUT2D eigenvalue weighted by molar-refractivity contribution is 0.618. The molecule has 0 aliphatic heterocycles. The van der Waals surface area contributed by atoms with Gasteiger partial charge in [0.1, 0.15) is 5.82 Å². The van der Waals surface area contributed by atoms with Crippen LogP contribution in [-0.4, -0.2) is 7.05 Å². The molecule has 0 atom stereocenters. The van der Waals surface area contributed by atoms with Crippen LogP contribution in [0.3, 0.4) is 0 Å². The summed E-state index contributed by atoms with van der Waals surface area (Å²) in [5, 5.41) is 2.98. The molecule has 0 aromatic heterocycles. The average Bonchev–Trinajstić information content (AvgIpc) is 2.09. The van der Waals surface area contributed by atoms with Crippen molar-refractivity contribution in [2.75, 3.05) is 12.4 Å². The van der Waals surface area contributed by atoms with Crippen molar-refractivity contribution in [1.29, 1.82) is 0 Å². The van der Waals surface area contributed by atoms with E-state index in [2.05, 4.69) is 11.9 Å². The Hall–Kier alpha value is -1.31. The van der Waals surface area contributed by atoms with Crippen molar-refractivity contribution in [3.8, 4) is 0 Å². The molecule has 0 amide bonds.